The van der Waals surface area contributed by atoms with Gasteiger partial charge in [0.25, 0.3) is 0 Å². The summed E-state index contributed by atoms with van der Waals surface area (Å²) in [6, 6.07) is 0. The molecule has 1 amide bonds. The molecule has 0 N–H and O–H groups in total. The van der Waals surface area contributed by atoms with Crippen LogP contribution in [0.1, 0.15) is 25.7 Å². The van der Waals surface area contributed by atoms with Crippen molar-refractivity contribution in [3.63, 3.8) is 0 Å². The van der Waals surface area contributed by atoms with Crippen LogP contribution in [-0.4, -0.2) is 42.3 Å². The van der Waals surface area contributed by atoms with E-state index in [2.05, 4.69) is 4.99 Å². The predicted octanol–water partition coefficient (Wildman–Crippen LogP) is 0.344. The summed E-state index contributed by atoms with van der Waals surface area (Å²) in [5.41, 5.74) is -0.603. The van der Waals surface area contributed by atoms with Crippen LogP contribution in [0, 0.1) is 5.41 Å². The second-order valence-electron chi connectivity index (χ2n) is 4.57. The van der Waals surface area contributed by atoms with E-state index in [1.165, 1.54) is 0 Å². The first-order valence-electron chi connectivity index (χ1n) is 5.76. The van der Waals surface area contributed by atoms with Crippen LogP contribution in [-0.2, 0) is 14.3 Å². The number of cyclic esters (lactones) is 1. The summed E-state index contributed by atoms with van der Waals surface area (Å²) >= 11 is 0. The van der Waals surface area contributed by atoms with E-state index in [0.717, 1.165) is 6.42 Å². The quantitative estimate of drug-likeness (QED) is 0.555. The smallest absolute Gasteiger partial charge is 0.319 e. The van der Waals surface area contributed by atoms with E-state index in [9.17, 15) is 9.59 Å². The number of esters is 1. The third-order valence-corrected chi connectivity index (χ3v) is 3.70. The highest BCUT2D eigenvalue weighted by atomic mass is 16.5. The van der Waals surface area contributed by atoms with Crippen molar-refractivity contribution in [1.29, 1.82) is 0 Å². The number of carbonyl (C=O) groups excluding carboxylic acids is 2. The third-order valence-electron chi connectivity index (χ3n) is 3.70. The first-order valence-corrected chi connectivity index (χ1v) is 5.76. The Labute approximate surface area is 93.5 Å². The van der Waals surface area contributed by atoms with Gasteiger partial charge in [-0.15, -0.1) is 0 Å². The molecule has 5 nitrogen and oxygen atoms in total. The molecule has 3 heterocycles. The number of hydrogen-bond donors (Lipinski definition) is 0. The second kappa shape index (κ2) is 3.30. The van der Waals surface area contributed by atoms with Crippen molar-refractivity contribution in [1.82, 2.24) is 4.90 Å². The molecule has 86 valence electrons. The summed E-state index contributed by atoms with van der Waals surface area (Å²) in [5.74, 6) is 0.590. The van der Waals surface area contributed by atoms with Gasteiger partial charge in [0.15, 0.2) is 0 Å². The molecule has 2 fully saturated rings. The summed E-state index contributed by atoms with van der Waals surface area (Å²) < 4.78 is 5.07. The van der Waals surface area contributed by atoms with Crippen molar-refractivity contribution in [2.24, 2.45) is 10.4 Å². The van der Waals surface area contributed by atoms with Crippen molar-refractivity contribution in [3.05, 3.63) is 0 Å². The minimum atomic E-state index is -0.603. The van der Waals surface area contributed by atoms with Gasteiger partial charge in [-0.3, -0.25) is 19.5 Å². The lowest BCUT2D eigenvalue weighted by molar-refractivity contribution is -0.145. The van der Waals surface area contributed by atoms with Gasteiger partial charge in [-0.2, -0.15) is 0 Å². The monoisotopic (exact) mass is 222 g/mol. The third kappa shape index (κ3) is 1.14. The van der Waals surface area contributed by atoms with Crippen molar-refractivity contribution in [2.75, 3.05) is 19.7 Å². The van der Waals surface area contributed by atoms with E-state index in [4.69, 9.17) is 4.74 Å². The van der Waals surface area contributed by atoms with Crippen LogP contribution in [0.25, 0.3) is 0 Å². The molecule has 0 bridgehead atoms. The van der Waals surface area contributed by atoms with Gasteiger partial charge in [0.05, 0.1) is 6.61 Å². The number of amidine groups is 1. The molecule has 0 saturated carbocycles. The molecule has 1 spiro atoms. The van der Waals surface area contributed by atoms with Crippen LogP contribution < -0.4 is 0 Å². The highest BCUT2D eigenvalue weighted by molar-refractivity contribution is 6.14. The highest BCUT2D eigenvalue weighted by Gasteiger charge is 2.54. The molecule has 3 aliphatic rings. The molecule has 16 heavy (non-hydrogen) atoms. The van der Waals surface area contributed by atoms with E-state index < -0.39 is 5.41 Å². The minimum absolute atomic E-state index is 0.101. The zero-order valence-corrected chi connectivity index (χ0v) is 9.07. The Morgan fingerprint density at radius 2 is 2.19 bits per heavy atom. The van der Waals surface area contributed by atoms with Crippen molar-refractivity contribution >= 4 is 17.7 Å². The molecule has 2 saturated heterocycles. The molecule has 0 aromatic carbocycles. The van der Waals surface area contributed by atoms with Gasteiger partial charge in [0.2, 0.25) is 5.91 Å². The molecular weight excluding hydrogens is 208 g/mol. The minimum Gasteiger partial charge on any atom is -0.465 e. The molecule has 5 heteroatoms. The number of carbonyl (C=O) groups is 2. The molecule has 0 aromatic heterocycles. The fourth-order valence-corrected chi connectivity index (χ4v) is 2.81. The summed E-state index contributed by atoms with van der Waals surface area (Å²) in [7, 11) is 0. The largest absolute Gasteiger partial charge is 0.465 e. The Balaban J connectivity index is 2.04. The average molecular weight is 222 g/mol. The second-order valence-corrected chi connectivity index (χ2v) is 4.57. The summed E-state index contributed by atoms with van der Waals surface area (Å²) in [4.78, 5) is 29.7. The molecular formula is C11H14N2O3. The van der Waals surface area contributed by atoms with Crippen molar-refractivity contribution in [3.8, 4) is 0 Å². The van der Waals surface area contributed by atoms with Crippen LogP contribution in [0.15, 0.2) is 4.99 Å². The van der Waals surface area contributed by atoms with Crippen LogP contribution in [0.3, 0.4) is 0 Å². The molecule has 1 unspecified atom stereocenters. The number of ether oxygens (including phenoxy) is 1. The number of piperidine rings is 1. The lowest BCUT2D eigenvalue weighted by Crippen LogP contribution is -2.55. The van der Waals surface area contributed by atoms with E-state index in [-0.39, 0.29) is 11.9 Å². The fourth-order valence-electron chi connectivity index (χ4n) is 2.81. The van der Waals surface area contributed by atoms with Crippen LogP contribution in [0.5, 0.6) is 0 Å². The van der Waals surface area contributed by atoms with Gasteiger partial charge in [-0.25, -0.2) is 0 Å². The maximum atomic E-state index is 11.9. The normalized spacial score (nSPS) is 33.8. The number of rotatable bonds is 0. The number of fused-ring (bicyclic) bond motifs is 2. The van der Waals surface area contributed by atoms with Crippen LogP contribution >= 0.6 is 0 Å². The van der Waals surface area contributed by atoms with Gasteiger partial charge < -0.3 is 4.74 Å². The Hall–Kier alpha value is -1.39. The van der Waals surface area contributed by atoms with E-state index in [1.807, 2.05) is 0 Å². The lowest BCUT2D eigenvalue weighted by atomic mass is 9.76. The van der Waals surface area contributed by atoms with Gasteiger partial charge in [-0.1, -0.05) is 0 Å². The molecule has 1 atom stereocenters. The Morgan fingerprint density at radius 1 is 1.31 bits per heavy atom. The first kappa shape index (κ1) is 9.81. The molecule has 3 aliphatic heterocycles. The Kier molecular flexibility index (Phi) is 2.02. The zero-order valence-electron chi connectivity index (χ0n) is 9.07. The van der Waals surface area contributed by atoms with E-state index >= 15 is 0 Å². The Morgan fingerprint density at radius 3 is 2.94 bits per heavy atom. The van der Waals surface area contributed by atoms with Crippen molar-refractivity contribution < 1.29 is 14.3 Å². The first-order chi connectivity index (χ1) is 7.74. The van der Waals surface area contributed by atoms with Crippen LogP contribution in [0.4, 0.5) is 0 Å². The lowest BCUT2D eigenvalue weighted by Gasteiger charge is -2.40. The molecule has 0 aliphatic carbocycles. The van der Waals surface area contributed by atoms with Gasteiger partial charge in [-0.05, 0) is 12.8 Å². The topological polar surface area (TPSA) is 59.0 Å². The number of amides is 1. The summed E-state index contributed by atoms with van der Waals surface area (Å²) in [5, 5.41) is 0. The maximum Gasteiger partial charge on any atom is 0.319 e. The molecule has 3 rings (SSSR count). The fraction of sp³-hybridized carbons (Fsp3) is 0.727. The number of nitrogens with zero attached hydrogens (tertiary/aromatic N) is 2. The molecule has 0 aromatic rings. The van der Waals surface area contributed by atoms with Gasteiger partial charge in [0, 0.05) is 25.9 Å². The SMILES string of the molecule is O=C1CCC2(CCOC2=O)C2=NCCCN12. The molecule has 0 radical (unpaired) electrons. The highest BCUT2D eigenvalue weighted by Crippen LogP contribution is 2.41. The van der Waals surface area contributed by atoms with Crippen molar-refractivity contribution in [2.45, 2.75) is 25.7 Å². The van der Waals surface area contributed by atoms with Gasteiger partial charge in [0.1, 0.15) is 11.3 Å². The standard InChI is InChI=1S/C11H14N2O3/c14-8-2-3-11(4-7-16-10(11)15)9-12-5-1-6-13(8)9/h1-7H2. The van der Waals surface area contributed by atoms with Crippen LogP contribution in [0.2, 0.25) is 0 Å². The van der Waals surface area contributed by atoms with E-state index in [1.54, 1.807) is 4.90 Å². The summed E-state index contributed by atoms with van der Waals surface area (Å²) in [6.45, 7) is 1.88. The maximum absolute atomic E-state index is 11.9. The van der Waals surface area contributed by atoms with E-state index in [0.29, 0.717) is 44.8 Å². The van der Waals surface area contributed by atoms with Gasteiger partial charge >= 0.3 is 5.97 Å². The summed E-state index contributed by atoms with van der Waals surface area (Å²) in [6.07, 6.45) is 2.57. The number of aliphatic imine (C=N–C) groups is 1. The predicted molar refractivity (Wildman–Crippen MR) is 55.9 cm³/mol. The Bertz CT molecular complexity index is 391. The average Bonchev–Trinajstić information content (AvgIpc) is 2.67. The number of hydrogen-bond acceptors (Lipinski definition) is 4. The zero-order chi connectivity index (χ0) is 11.2.